The minimum atomic E-state index is 0.523. The number of allylic oxidation sites excluding steroid dienone is 4. The molecule has 0 fully saturated rings. The summed E-state index contributed by atoms with van der Waals surface area (Å²) in [5.74, 6) is 0.523. The van der Waals surface area contributed by atoms with Crippen LogP contribution >= 0.6 is 24.2 Å². The van der Waals surface area contributed by atoms with Crippen molar-refractivity contribution in [3.63, 3.8) is 0 Å². The second kappa shape index (κ2) is 5.99. The lowest BCUT2D eigenvalue weighted by Gasteiger charge is -1.83. The van der Waals surface area contributed by atoms with Gasteiger partial charge in [0.1, 0.15) is 0 Å². The monoisotopic (exact) mass is 160 g/mol. The van der Waals surface area contributed by atoms with E-state index in [1.165, 1.54) is 0 Å². The van der Waals surface area contributed by atoms with Crippen LogP contribution in [0.2, 0.25) is 0 Å². The van der Waals surface area contributed by atoms with Gasteiger partial charge in [-0.25, -0.2) is 0 Å². The van der Waals surface area contributed by atoms with Crippen molar-refractivity contribution in [1.82, 2.24) is 0 Å². The zero-order valence-corrected chi connectivity index (χ0v) is 6.70. The van der Waals surface area contributed by atoms with Gasteiger partial charge >= 0.3 is 0 Å². The normalized spacial score (nSPS) is 12.4. The lowest BCUT2D eigenvalue weighted by Crippen LogP contribution is -1.62. The summed E-state index contributed by atoms with van der Waals surface area (Å²) < 4.78 is 0. The molecule has 0 aromatic rings. The topological polar surface area (TPSA) is 0 Å². The van der Waals surface area contributed by atoms with Crippen LogP contribution in [0.25, 0.3) is 0 Å². The van der Waals surface area contributed by atoms with E-state index in [1.54, 1.807) is 12.2 Å². The van der Waals surface area contributed by atoms with Crippen molar-refractivity contribution in [2.24, 2.45) is 0 Å². The summed E-state index contributed by atoms with van der Waals surface area (Å²) in [6, 6.07) is 0. The largest absolute Gasteiger partial charge is 0.143 e. The van der Waals surface area contributed by atoms with Gasteiger partial charge in [0.2, 0.25) is 0 Å². The van der Waals surface area contributed by atoms with E-state index in [0.717, 1.165) is 4.91 Å². The zero-order valence-electron chi connectivity index (χ0n) is 5.05. The predicted octanol–water partition coefficient (Wildman–Crippen LogP) is 2.78. The van der Waals surface area contributed by atoms with E-state index in [-0.39, 0.29) is 0 Å². The minimum Gasteiger partial charge on any atom is -0.143 e. The second-order valence-corrected chi connectivity index (χ2v) is 2.21. The third-order valence-electron chi connectivity index (χ3n) is 0.666. The molecule has 50 valence electrons. The number of hydrogen-bond donors (Lipinski definition) is 1. The first-order valence-electron chi connectivity index (χ1n) is 2.55. The Labute approximate surface area is 66.3 Å². The average molecular weight is 161 g/mol. The molecule has 0 aliphatic heterocycles. The van der Waals surface area contributed by atoms with Gasteiger partial charge in [0.15, 0.2) is 0 Å². The van der Waals surface area contributed by atoms with E-state index in [0.29, 0.717) is 5.88 Å². The highest BCUT2D eigenvalue weighted by atomic mass is 35.5. The number of rotatable bonds is 3. The molecule has 0 rings (SSSR count). The van der Waals surface area contributed by atoms with Gasteiger partial charge in [-0.2, -0.15) is 0 Å². The van der Waals surface area contributed by atoms with Crippen molar-refractivity contribution < 1.29 is 0 Å². The maximum absolute atomic E-state index is 5.37. The molecule has 0 heterocycles. The molecule has 0 saturated heterocycles. The lowest BCUT2D eigenvalue weighted by atomic mass is 10.4. The van der Waals surface area contributed by atoms with Gasteiger partial charge < -0.3 is 0 Å². The molecule has 0 aliphatic carbocycles. The lowest BCUT2D eigenvalue weighted by molar-refractivity contribution is 1.72. The maximum atomic E-state index is 5.37. The highest BCUT2D eigenvalue weighted by molar-refractivity contribution is 7.84. The summed E-state index contributed by atoms with van der Waals surface area (Å²) in [4.78, 5) is 0.866. The number of halogens is 1. The second-order valence-electron chi connectivity index (χ2n) is 1.38. The molecule has 2 heteroatoms. The first kappa shape index (κ1) is 8.86. The predicted molar refractivity (Wildman–Crippen MR) is 47.1 cm³/mol. The summed E-state index contributed by atoms with van der Waals surface area (Å²) in [5.41, 5.74) is 0. The Kier molecular flexibility index (Phi) is 5.89. The number of alkyl halides is 1. The standard InChI is InChI=1S/C7H9ClS/c1-2-4-7(9)5-3-6-8/h2-5,9H,1,6H2/b5-3-,7-4+. The van der Waals surface area contributed by atoms with Crippen molar-refractivity contribution in [3.8, 4) is 0 Å². The third kappa shape index (κ3) is 5.74. The fourth-order valence-corrected chi connectivity index (χ4v) is 0.641. The third-order valence-corrected chi connectivity index (χ3v) is 1.14. The highest BCUT2D eigenvalue weighted by Crippen LogP contribution is 2.01. The van der Waals surface area contributed by atoms with E-state index in [9.17, 15) is 0 Å². The quantitative estimate of drug-likeness (QED) is 0.367. The van der Waals surface area contributed by atoms with Gasteiger partial charge in [-0.15, -0.1) is 24.2 Å². The molecule has 0 N–H and O–H groups in total. The van der Waals surface area contributed by atoms with E-state index in [2.05, 4.69) is 19.2 Å². The number of thiol groups is 1. The van der Waals surface area contributed by atoms with Crippen molar-refractivity contribution >= 4 is 24.2 Å². The van der Waals surface area contributed by atoms with Gasteiger partial charge in [0, 0.05) is 10.8 Å². The Morgan fingerprint density at radius 2 is 2.33 bits per heavy atom. The van der Waals surface area contributed by atoms with Gasteiger partial charge in [-0.3, -0.25) is 0 Å². The SMILES string of the molecule is C=C/C=C(S)\C=C/CCl. The summed E-state index contributed by atoms with van der Waals surface area (Å²) in [6.45, 7) is 3.52. The molecular weight excluding hydrogens is 152 g/mol. The fourth-order valence-electron chi connectivity index (χ4n) is 0.342. The molecule has 0 bridgehead atoms. The van der Waals surface area contributed by atoms with Crippen LogP contribution in [0, 0.1) is 0 Å². The van der Waals surface area contributed by atoms with Crippen molar-refractivity contribution in [3.05, 3.63) is 35.8 Å². The molecule has 0 saturated carbocycles. The number of hydrogen-bond acceptors (Lipinski definition) is 1. The molecule has 0 aliphatic rings. The Balaban J connectivity index is 3.74. The van der Waals surface area contributed by atoms with Crippen LogP contribution in [-0.4, -0.2) is 5.88 Å². The van der Waals surface area contributed by atoms with Crippen LogP contribution in [-0.2, 0) is 0 Å². The molecule has 0 amide bonds. The van der Waals surface area contributed by atoms with Crippen LogP contribution in [0.5, 0.6) is 0 Å². The summed E-state index contributed by atoms with van der Waals surface area (Å²) >= 11 is 9.46. The highest BCUT2D eigenvalue weighted by Gasteiger charge is 1.75. The minimum absolute atomic E-state index is 0.523. The molecule has 0 spiro atoms. The van der Waals surface area contributed by atoms with Gasteiger partial charge in [-0.1, -0.05) is 24.8 Å². The first-order valence-corrected chi connectivity index (χ1v) is 3.53. The Hall–Kier alpha value is -0.140. The molecule has 0 aromatic heterocycles. The first-order chi connectivity index (χ1) is 4.31. The van der Waals surface area contributed by atoms with Gasteiger partial charge in [0.25, 0.3) is 0 Å². The Bertz CT molecular complexity index is 136. The van der Waals surface area contributed by atoms with Crippen LogP contribution in [0.4, 0.5) is 0 Å². The Morgan fingerprint density at radius 1 is 1.67 bits per heavy atom. The van der Waals surface area contributed by atoms with Gasteiger partial charge in [-0.05, 0) is 6.08 Å². The molecule has 0 radical (unpaired) electrons. The zero-order chi connectivity index (χ0) is 7.11. The van der Waals surface area contributed by atoms with Crippen molar-refractivity contribution in [1.29, 1.82) is 0 Å². The van der Waals surface area contributed by atoms with E-state index >= 15 is 0 Å². The smallest absolute Gasteiger partial charge is 0.0407 e. The molecule has 9 heavy (non-hydrogen) atoms. The summed E-state index contributed by atoms with van der Waals surface area (Å²) in [7, 11) is 0. The average Bonchev–Trinajstić information content (AvgIpc) is 1.85. The Morgan fingerprint density at radius 3 is 2.78 bits per heavy atom. The van der Waals surface area contributed by atoms with Crippen LogP contribution in [0.3, 0.4) is 0 Å². The molecular formula is C7H9ClS. The molecule has 0 unspecified atom stereocenters. The molecule has 0 nitrogen and oxygen atoms in total. The van der Waals surface area contributed by atoms with E-state index in [1.807, 2.05) is 12.2 Å². The molecule has 0 atom stereocenters. The van der Waals surface area contributed by atoms with Crippen molar-refractivity contribution in [2.75, 3.05) is 5.88 Å². The summed E-state index contributed by atoms with van der Waals surface area (Å²) in [5, 5.41) is 0. The van der Waals surface area contributed by atoms with Crippen LogP contribution in [0.15, 0.2) is 35.8 Å². The summed E-state index contributed by atoms with van der Waals surface area (Å²) in [6.07, 6.45) is 7.13. The van der Waals surface area contributed by atoms with Crippen LogP contribution < -0.4 is 0 Å². The van der Waals surface area contributed by atoms with E-state index in [4.69, 9.17) is 11.6 Å². The maximum Gasteiger partial charge on any atom is 0.0407 e. The van der Waals surface area contributed by atoms with Crippen molar-refractivity contribution in [2.45, 2.75) is 0 Å². The molecule has 0 aromatic carbocycles. The van der Waals surface area contributed by atoms with Gasteiger partial charge in [0.05, 0.1) is 0 Å². The fraction of sp³-hybridized carbons (Fsp3) is 0.143. The van der Waals surface area contributed by atoms with E-state index < -0.39 is 0 Å². The van der Waals surface area contributed by atoms with Crippen LogP contribution in [0.1, 0.15) is 0 Å².